The van der Waals surface area contributed by atoms with Crippen molar-refractivity contribution >= 4 is 40.4 Å². The summed E-state index contributed by atoms with van der Waals surface area (Å²) in [6.07, 6.45) is -0.542. The number of thiophene rings is 1. The molecule has 1 heterocycles. The van der Waals surface area contributed by atoms with Crippen LogP contribution in [-0.4, -0.2) is 12.0 Å². The van der Waals surface area contributed by atoms with E-state index in [4.69, 9.17) is 10.5 Å². The van der Waals surface area contributed by atoms with Crippen LogP contribution >= 0.6 is 11.3 Å². The highest BCUT2D eigenvalue weighted by Gasteiger charge is 2.11. The number of nitrogen functional groups attached to an aromatic ring is 1. The van der Waals surface area contributed by atoms with E-state index in [1.165, 1.54) is 0 Å². The minimum atomic E-state index is -0.542. The van der Waals surface area contributed by atoms with Gasteiger partial charge in [0.25, 0.3) is 5.91 Å². The van der Waals surface area contributed by atoms with E-state index in [9.17, 15) is 9.59 Å². The van der Waals surface area contributed by atoms with Gasteiger partial charge in [0.15, 0.2) is 0 Å². The standard InChI is InChI=1S/C25H21N3O3S/c26-21-13-12-19(23-7-4-14-32-23)15-22(21)28-24(29)18-10-8-17(9-11-18)16-31-25(30)27-20-5-2-1-3-6-20/h1-15H,16,26H2,(H,27,30)(H,28,29). The third kappa shape index (κ3) is 5.33. The Hall–Kier alpha value is -4.10. The molecule has 0 radical (unpaired) electrons. The van der Waals surface area contributed by atoms with Crippen molar-refractivity contribution in [3.05, 3.63) is 101 Å². The van der Waals surface area contributed by atoms with Crippen molar-refractivity contribution in [3.8, 4) is 10.4 Å². The van der Waals surface area contributed by atoms with E-state index in [0.717, 1.165) is 16.0 Å². The number of carbonyl (C=O) groups is 2. The van der Waals surface area contributed by atoms with Gasteiger partial charge in [-0.15, -0.1) is 11.3 Å². The Morgan fingerprint density at radius 3 is 2.38 bits per heavy atom. The Morgan fingerprint density at radius 2 is 1.66 bits per heavy atom. The summed E-state index contributed by atoms with van der Waals surface area (Å²) < 4.78 is 5.23. The molecule has 2 amide bonds. The lowest BCUT2D eigenvalue weighted by Crippen LogP contribution is -2.14. The van der Waals surface area contributed by atoms with Crippen molar-refractivity contribution in [2.45, 2.75) is 6.61 Å². The molecule has 1 aromatic heterocycles. The monoisotopic (exact) mass is 443 g/mol. The summed E-state index contributed by atoms with van der Waals surface area (Å²) in [5.74, 6) is -0.269. The zero-order chi connectivity index (χ0) is 22.3. The average Bonchev–Trinajstić information content (AvgIpc) is 3.35. The van der Waals surface area contributed by atoms with E-state index < -0.39 is 6.09 Å². The largest absolute Gasteiger partial charge is 0.444 e. The molecule has 0 saturated heterocycles. The lowest BCUT2D eigenvalue weighted by Gasteiger charge is -2.11. The van der Waals surface area contributed by atoms with Gasteiger partial charge in [-0.05, 0) is 59.0 Å². The Kier molecular flexibility index (Phi) is 6.48. The number of nitrogens with two attached hydrogens (primary N) is 1. The van der Waals surface area contributed by atoms with Gasteiger partial charge in [0.1, 0.15) is 6.61 Å². The SMILES string of the molecule is Nc1ccc(-c2cccs2)cc1NC(=O)c1ccc(COC(=O)Nc2ccccc2)cc1. The topological polar surface area (TPSA) is 93.4 Å². The second-order valence-electron chi connectivity index (χ2n) is 7.00. The number of hydrogen-bond acceptors (Lipinski definition) is 5. The summed E-state index contributed by atoms with van der Waals surface area (Å²) in [6, 6.07) is 25.5. The van der Waals surface area contributed by atoms with Crippen molar-refractivity contribution in [2.24, 2.45) is 0 Å². The summed E-state index contributed by atoms with van der Waals surface area (Å²) in [5.41, 5.74) is 10.00. The van der Waals surface area contributed by atoms with Gasteiger partial charge in [-0.25, -0.2) is 4.79 Å². The van der Waals surface area contributed by atoms with Crippen LogP contribution in [0.2, 0.25) is 0 Å². The predicted octanol–water partition coefficient (Wildman–Crippen LogP) is 6.00. The summed E-state index contributed by atoms with van der Waals surface area (Å²) in [7, 11) is 0. The van der Waals surface area contributed by atoms with E-state index in [0.29, 0.717) is 22.6 Å². The molecule has 0 saturated carbocycles. The van der Waals surface area contributed by atoms with E-state index in [1.807, 2.05) is 47.8 Å². The van der Waals surface area contributed by atoms with Gasteiger partial charge in [0.2, 0.25) is 0 Å². The molecule has 160 valence electrons. The first-order valence-electron chi connectivity index (χ1n) is 9.91. The van der Waals surface area contributed by atoms with Crippen LogP contribution < -0.4 is 16.4 Å². The number of para-hydroxylation sites is 1. The predicted molar refractivity (Wildman–Crippen MR) is 129 cm³/mol. The van der Waals surface area contributed by atoms with Crippen molar-refractivity contribution in [2.75, 3.05) is 16.4 Å². The molecule has 7 heteroatoms. The summed E-state index contributed by atoms with van der Waals surface area (Å²) >= 11 is 1.62. The minimum absolute atomic E-state index is 0.0936. The number of anilines is 3. The zero-order valence-corrected chi connectivity index (χ0v) is 17.9. The van der Waals surface area contributed by atoms with Gasteiger partial charge in [-0.3, -0.25) is 10.1 Å². The molecule has 0 aliphatic rings. The molecule has 0 atom stereocenters. The maximum absolute atomic E-state index is 12.7. The van der Waals surface area contributed by atoms with Crippen LogP contribution in [-0.2, 0) is 11.3 Å². The summed E-state index contributed by atoms with van der Waals surface area (Å²) in [6.45, 7) is 0.0936. The van der Waals surface area contributed by atoms with E-state index >= 15 is 0 Å². The molecule has 0 bridgehead atoms. The van der Waals surface area contributed by atoms with Gasteiger partial charge in [-0.1, -0.05) is 42.5 Å². The molecular formula is C25H21N3O3S. The van der Waals surface area contributed by atoms with Crippen LogP contribution in [0.15, 0.2) is 90.3 Å². The quantitative estimate of drug-likeness (QED) is 0.319. The van der Waals surface area contributed by atoms with Crippen LogP contribution in [0.3, 0.4) is 0 Å². The molecule has 0 spiro atoms. The van der Waals surface area contributed by atoms with Crippen LogP contribution in [0.4, 0.5) is 21.9 Å². The number of benzene rings is 3. The average molecular weight is 444 g/mol. The first-order chi connectivity index (χ1) is 15.6. The molecule has 0 unspecified atom stereocenters. The van der Waals surface area contributed by atoms with Crippen molar-refractivity contribution in [3.63, 3.8) is 0 Å². The second-order valence-corrected chi connectivity index (χ2v) is 7.95. The van der Waals surface area contributed by atoms with E-state index in [1.54, 1.807) is 53.8 Å². The fraction of sp³-hybridized carbons (Fsp3) is 0.0400. The first-order valence-corrected chi connectivity index (χ1v) is 10.8. The Labute approximate surface area is 189 Å². The minimum Gasteiger partial charge on any atom is -0.444 e. The Balaban J connectivity index is 1.35. The summed E-state index contributed by atoms with van der Waals surface area (Å²) in [5, 5.41) is 7.52. The van der Waals surface area contributed by atoms with Crippen LogP contribution in [0.1, 0.15) is 15.9 Å². The van der Waals surface area contributed by atoms with E-state index in [-0.39, 0.29) is 12.5 Å². The molecular weight excluding hydrogens is 422 g/mol. The zero-order valence-electron chi connectivity index (χ0n) is 17.1. The van der Waals surface area contributed by atoms with E-state index in [2.05, 4.69) is 10.6 Å². The second kappa shape index (κ2) is 9.80. The number of carbonyl (C=O) groups excluding carboxylic acids is 2. The van der Waals surface area contributed by atoms with Crippen LogP contribution in [0.25, 0.3) is 10.4 Å². The lowest BCUT2D eigenvalue weighted by atomic mass is 10.1. The van der Waals surface area contributed by atoms with Gasteiger partial charge in [0, 0.05) is 16.1 Å². The summed E-state index contributed by atoms with van der Waals surface area (Å²) in [4.78, 5) is 25.7. The normalized spacial score (nSPS) is 10.4. The molecule has 0 aliphatic carbocycles. The van der Waals surface area contributed by atoms with Crippen LogP contribution in [0.5, 0.6) is 0 Å². The lowest BCUT2D eigenvalue weighted by molar-refractivity contribution is 0.102. The highest BCUT2D eigenvalue weighted by molar-refractivity contribution is 7.13. The molecule has 4 rings (SSSR count). The number of hydrogen-bond donors (Lipinski definition) is 3. The molecule has 3 aromatic carbocycles. The Bertz CT molecular complexity index is 1210. The highest BCUT2D eigenvalue weighted by atomic mass is 32.1. The van der Waals surface area contributed by atoms with Crippen molar-refractivity contribution in [1.82, 2.24) is 0 Å². The fourth-order valence-corrected chi connectivity index (χ4v) is 3.76. The van der Waals surface area contributed by atoms with Gasteiger partial charge >= 0.3 is 6.09 Å². The molecule has 32 heavy (non-hydrogen) atoms. The maximum atomic E-state index is 12.7. The molecule has 0 aliphatic heterocycles. The fourth-order valence-electron chi connectivity index (χ4n) is 3.03. The molecule has 0 fully saturated rings. The number of rotatable bonds is 6. The number of ether oxygens (including phenoxy) is 1. The molecule has 4 N–H and O–H groups in total. The van der Waals surface area contributed by atoms with Gasteiger partial charge < -0.3 is 15.8 Å². The molecule has 6 nitrogen and oxygen atoms in total. The third-order valence-corrected chi connectivity index (χ3v) is 5.63. The number of nitrogens with one attached hydrogen (secondary N) is 2. The maximum Gasteiger partial charge on any atom is 0.411 e. The Morgan fingerprint density at radius 1 is 0.875 bits per heavy atom. The van der Waals surface area contributed by atoms with Crippen molar-refractivity contribution < 1.29 is 14.3 Å². The third-order valence-electron chi connectivity index (χ3n) is 4.71. The molecule has 4 aromatic rings. The van der Waals surface area contributed by atoms with Crippen molar-refractivity contribution in [1.29, 1.82) is 0 Å². The highest BCUT2D eigenvalue weighted by Crippen LogP contribution is 2.30. The number of amides is 2. The van der Waals surface area contributed by atoms with Gasteiger partial charge in [0.05, 0.1) is 11.4 Å². The van der Waals surface area contributed by atoms with Gasteiger partial charge in [-0.2, -0.15) is 0 Å². The van der Waals surface area contributed by atoms with Crippen LogP contribution in [0, 0.1) is 0 Å². The smallest absolute Gasteiger partial charge is 0.411 e. The first kappa shape index (κ1) is 21.1.